The highest BCUT2D eigenvalue weighted by molar-refractivity contribution is 5.84. The van der Waals surface area contributed by atoms with E-state index in [0.717, 1.165) is 5.56 Å². The van der Waals surface area contributed by atoms with Crippen molar-refractivity contribution < 1.29 is 14.3 Å². The van der Waals surface area contributed by atoms with Gasteiger partial charge in [0.05, 0.1) is 6.04 Å². The third kappa shape index (κ3) is 11.5. The molecule has 0 fully saturated rings. The van der Waals surface area contributed by atoms with E-state index in [2.05, 4.69) is 5.32 Å². The van der Waals surface area contributed by atoms with Gasteiger partial charge in [0.25, 0.3) is 0 Å². The van der Waals surface area contributed by atoms with Crippen LogP contribution in [0.15, 0.2) is 24.3 Å². The number of rotatable bonds is 4. The van der Waals surface area contributed by atoms with E-state index < -0.39 is 23.6 Å². The minimum atomic E-state index is -0.709. The van der Waals surface area contributed by atoms with Crippen LogP contribution in [0.5, 0.6) is 0 Å². The van der Waals surface area contributed by atoms with Gasteiger partial charge in [-0.15, -0.1) is 0 Å². The summed E-state index contributed by atoms with van der Waals surface area (Å²) in [5.74, 6) is -0.541. The molecule has 1 unspecified atom stereocenters. The molecule has 2 amide bonds. The number of carbonyl (C=O) groups is 2. The Morgan fingerprint density at radius 1 is 1.08 bits per heavy atom. The average Bonchev–Trinajstić information content (AvgIpc) is 2.51. The Hall–Kier alpha value is -2.08. The van der Waals surface area contributed by atoms with E-state index in [1.54, 1.807) is 45.0 Å². The summed E-state index contributed by atoms with van der Waals surface area (Å²) < 4.78 is 5.14. The molecule has 5 N–H and O–H groups in total. The fraction of sp³-hybridized carbons (Fsp3) is 0.556. The van der Waals surface area contributed by atoms with Crippen molar-refractivity contribution in [2.45, 2.75) is 66.5 Å². The van der Waals surface area contributed by atoms with Crippen molar-refractivity contribution in [2.75, 3.05) is 5.32 Å². The van der Waals surface area contributed by atoms with E-state index in [0.29, 0.717) is 12.1 Å². The van der Waals surface area contributed by atoms with Gasteiger partial charge >= 0.3 is 6.09 Å². The fourth-order valence-electron chi connectivity index (χ4n) is 1.50. The van der Waals surface area contributed by atoms with Crippen LogP contribution in [0.4, 0.5) is 10.5 Å². The Morgan fingerprint density at radius 3 is 1.92 bits per heavy atom. The van der Waals surface area contributed by atoms with Crippen LogP contribution in [0, 0.1) is 0 Å². The molecule has 0 aliphatic rings. The van der Waals surface area contributed by atoms with E-state index in [1.807, 2.05) is 27.7 Å². The van der Waals surface area contributed by atoms with Crippen LogP contribution in [0.2, 0.25) is 0 Å². The normalized spacial score (nSPS) is 11.0. The number of nitrogens with two attached hydrogens (primary N) is 2. The lowest BCUT2D eigenvalue weighted by atomic mass is 10.1. The lowest BCUT2D eigenvalue weighted by molar-refractivity contribution is -0.119. The molecule has 0 aliphatic carbocycles. The lowest BCUT2D eigenvalue weighted by Gasteiger charge is -2.19. The molecule has 6 nitrogen and oxygen atoms in total. The summed E-state index contributed by atoms with van der Waals surface area (Å²) in [6.07, 6.45) is -0.152. The second-order valence-corrected chi connectivity index (χ2v) is 5.54. The molecule has 0 aliphatic heterocycles. The topological polar surface area (TPSA) is 107 Å². The van der Waals surface area contributed by atoms with Crippen molar-refractivity contribution in [2.24, 2.45) is 11.5 Å². The van der Waals surface area contributed by atoms with E-state index in [4.69, 9.17) is 16.2 Å². The first-order valence-electron chi connectivity index (χ1n) is 8.31. The predicted octanol–water partition coefficient (Wildman–Crippen LogP) is 3.44. The maximum atomic E-state index is 11.6. The molecule has 0 spiro atoms. The number of hydrogen-bond donors (Lipinski definition) is 3. The van der Waals surface area contributed by atoms with Gasteiger partial charge in [-0.25, -0.2) is 4.79 Å². The first-order chi connectivity index (χ1) is 11.2. The lowest BCUT2D eigenvalue weighted by Crippen LogP contribution is -2.38. The number of carbonyl (C=O) groups excluding carboxylic acids is 2. The number of anilines is 1. The molecular weight excluding hydrogens is 306 g/mol. The average molecular weight is 339 g/mol. The zero-order valence-electron chi connectivity index (χ0n) is 16.0. The van der Waals surface area contributed by atoms with Crippen molar-refractivity contribution in [1.82, 2.24) is 0 Å². The van der Waals surface area contributed by atoms with Crippen LogP contribution in [-0.2, 0) is 16.0 Å². The standard InChI is InChI=1S/C14H21N3O3.2C2H6/c1-14(2,3)20-13(19)17-10-6-4-9(5-7-10)8-11(15)12(16)18;2*1-2/h4-7,11H,8,15H2,1-3H3,(H2,16,18)(H,17,19);2*1-2H3. The van der Waals surface area contributed by atoms with Gasteiger partial charge in [-0.3, -0.25) is 10.1 Å². The van der Waals surface area contributed by atoms with Crippen molar-refractivity contribution >= 4 is 17.7 Å². The smallest absolute Gasteiger partial charge is 0.412 e. The molecule has 0 saturated heterocycles. The van der Waals surface area contributed by atoms with Crippen LogP contribution < -0.4 is 16.8 Å². The van der Waals surface area contributed by atoms with Gasteiger partial charge in [0.2, 0.25) is 5.91 Å². The van der Waals surface area contributed by atoms with Crippen LogP contribution in [0.1, 0.15) is 54.0 Å². The summed E-state index contributed by atoms with van der Waals surface area (Å²) in [5, 5.41) is 2.62. The maximum Gasteiger partial charge on any atom is 0.412 e. The number of hydrogen-bond acceptors (Lipinski definition) is 4. The number of amides is 2. The summed E-state index contributed by atoms with van der Waals surface area (Å²) in [6.45, 7) is 13.4. The summed E-state index contributed by atoms with van der Waals surface area (Å²) in [4.78, 5) is 22.4. The molecule has 0 heterocycles. The van der Waals surface area contributed by atoms with Gasteiger partial charge in [-0.2, -0.15) is 0 Å². The third-order valence-electron chi connectivity index (χ3n) is 2.42. The van der Waals surface area contributed by atoms with Crippen molar-refractivity contribution in [1.29, 1.82) is 0 Å². The van der Waals surface area contributed by atoms with Gasteiger partial charge < -0.3 is 16.2 Å². The molecule has 1 aromatic rings. The molecule has 6 heteroatoms. The summed E-state index contributed by atoms with van der Waals surface area (Å²) in [5.41, 5.74) is 11.6. The molecule has 24 heavy (non-hydrogen) atoms. The van der Waals surface area contributed by atoms with Crippen molar-refractivity contribution in [3.8, 4) is 0 Å². The van der Waals surface area contributed by atoms with Gasteiger partial charge in [-0.05, 0) is 44.9 Å². The fourth-order valence-corrected chi connectivity index (χ4v) is 1.50. The number of ether oxygens (including phenoxy) is 1. The van der Waals surface area contributed by atoms with Gasteiger partial charge in [0.15, 0.2) is 0 Å². The Balaban J connectivity index is 0. The second-order valence-electron chi connectivity index (χ2n) is 5.54. The molecule has 0 radical (unpaired) electrons. The monoisotopic (exact) mass is 339 g/mol. The summed E-state index contributed by atoms with van der Waals surface area (Å²) in [6, 6.07) is 6.27. The molecule has 0 bridgehead atoms. The second kappa shape index (κ2) is 12.4. The van der Waals surface area contributed by atoms with E-state index in [9.17, 15) is 9.59 Å². The minimum absolute atomic E-state index is 0.363. The highest BCUT2D eigenvalue weighted by Gasteiger charge is 2.16. The Morgan fingerprint density at radius 2 is 1.54 bits per heavy atom. The maximum absolute atomic E-state index is 11.6. The Labute approximate surface area is 145 Å². The number of nitrogens with one attached hydrogen (secondary N) is 1. The summed E-state index contributed by atoms with van der Waals surface area (Å²) >= 11 is 0. The molecule has 138 valence electrons. The van der Waals surface area contributed by atoms with E-state index >= 15 is 0 Å². The van der Waals surface area contributed by atoms with Crippen molar-refractivity contribution in [3.05, 3.63) is 29.8 Å². The zero-order valence-corrected chi connectivity index (χ0v) is 16.0. The molecular formula is C18H33N3O3. The SMILES string of the molecule is CC.CC.CC(C)(C)OC(=O)Nc1ccc(CC(N)C(N)=O)cc1. The molecule has 0 saturated carbocycles. The van der Waals surface area contributed by atoms with Gasteiger partial charge in [0, 0.05) is 5.69 Å². The third-order valence-corrected chi connectivity index (χ3v) is 2.42. The first kappa shape index (κ1) is 24.2. The molecule has 1 rings (SSSR count). The zero-order chi connectivity index (χ0) is 19.3. The number of benzene rings is 1. The minimum Gasteiger partial charge on any atom is -0.444 e. The van der Waals surface area contributed by atoms with Crippen LogP contribution in [-0.4, -0.2) is 23.6 Å². The molecule has 1 atom stereocenters. The Kier molecular flexibility index (Phi) is 12.4. The van der Waals surface area contributed by atoms with Gasteiger partial charge in [-0.1, -0.05) is 39.8 Å². The highest BCUT2D eigenvalue weighted by atomic mass is 16.6. The first-order valence-corrected chi connectivity index (χ1v) is 8.31. The predicted molar refractivity (Wildman–Crippen MR) is 99.9 cm³/mol. The summed E-state index contributed by atoms with van der Waals surface area (Å²) in [7, 11) is 0. The molecule has 0 aromatic heterocycles. The van der Waals surface area contributed by atoms with E-state index in [-0.39, 0.29) is 0 Å². The van der Waals surface area contributed by atoms with E-state index in [1.165, 1.54) is 0 Å². The number of primary amides is 1. The molecule has 1 aromatic carbocycles. The van der Waals surface area contributed by atoms with Crippen LogP contribution >= 0.6 is 0 Å². The van der Waals surface area contributed by atoms with Gasteiger partial charge in [0.1, 0.15) is 5.60 Å². The largest absolute Gasteiger partial charge is 0.444 e. The van der Waals surface area contributed by atoms with Crippen LogP contribution in [0.3, 0.4) is 0 Å². The highest BCUT2D eigenvalue weighted by Crippen LogP contribution is 2.13. The van der Waals surface area contributed by atoms with Crippen LogP contribution in [0.25, 0.3) is 0 Å². The Bertz CT molecular complexity index is 479. The van der Waals surface area contributed by atoms with Crippen molar-refractivity contribution in [3.63, 3.8) is 0 Å². The quantitative estimate of drug-likeness (QED) is 0.781.